The Bertz CT molecular complexity index is 790. The smallest absolute Gasteiger partial charge is 0.202 e. The number of nitrogen functional groups attached to an aromatic ring is 1. The van der Waals surface area contributed by atoms with Gasteiger partial charge in [-0.05, 0) is 12.8 Å². The summed E-state index contributed by atoms with van der Waals surface area (Å²) in [5.74, 6) is 0.526. The molecule has 0 atom stereocenters. The molecule has 0 aliphatic carbocycles. The van der Waals surface area contributed by atoms with Crippen LogP contribution in [0.2, 0.25) is 0 Å². The Hall–Kier alpha value is -2.31. The van der Waals surface area contributed by atoms with E-state index in [1.165, 1.54) is 5.56 Å². The molecule has 0 amide bonds. The first-order chi connectivity index (χ1) is 10.0. The van der Waals surface area contributed by atoms with E-state index in [2.05, 4.69) is 29.0 Å². The van der Waals surface area contributed by atoms with Gasteiger partial charge in [0.05, 0.1) is 17.9 Å². The van der Waals surface area contributed by atoms with Crippen molar-refractivity contribution >= 4 is 17.1 Å². The van der Waals surface area contributed by atoms with Gasteiger partial charge < -0.3 is 5.73 Å². The molecule has 7 nitrogen and oxygen atoms in total. The highest BCUT2D eigenvalue weighted by atomic mass is 15.3. The van der Waals surface area contributed by atoms with E-state index in [4.69, 9.17) is 5.73 Å². The molecule has 7 heteroatoms. The second-order valence-electron chi connectivity index (χ2n) is 5.28. The highest BCUT2D eigenvalue weighted by Gasteiger charge is 2.18. The molecule has 3 heterocycles. The van der Waals surface area contributed by atoms with E-state index in [1.54, 1.807) is 0 Å². The topological polar surface area (TPSA) is 79.5 Å². The molecule has 0 saturated heterocycles. The summed E-state index contributed by atoms with van der Waals surface area (Å²) in [5, 5.41) is 9.00. The number of nitrogens with zero attached hydrogens (tertiary/aromatic N) is 6. The van der Waals surface area contributed by atoms with E-state index in [0.717, 1.165) is 35.4 Å². The number of hydrogen-bond donors (Lipinski definition) is 1. The first-order valence-electron chi connectivity index (χ1n) is 7.24. The second-order valence-corrected chi connectivity index (χ2v) is 5.28. The average molecular weight is 287 g/mol. The van der Waals surface area contributed by atoms with E-state index < -0.39 is 0 Å². The van der Waals surface area contributed by atoms with Gasteiger partial charge in [-0.1, -0.05) is 13.8 Å². The van der Waals surface area contributed by atoms with Crippen molar-refractivity contribution in [3.05, 3.63) is 23.1 Å². The van der Waals surface area contributed by atoms with E-state index >= 15 is 0 Å². The number of aromatic nitrogens is 6. The van der Waals surface area contributed by atoms with Gasteiger partial charge in [0.1, 0.15) is 5.52 Å². The molecule has 0 spiro atoms. The highest BCUT2D eigenvalue weighted by molar-refractivity contribution is 5.77. The largest absolute Gasteiger partial charge is 0.369 e. The summed E-state index contributed by atoms with van der Waals surface area (Å²) in [5.41, 5.74) is 11.2. The third-order valence-corrected chi connectivity index (χ3v) is 3.81. The highest BCUT2D eigenvalue weighted by Crippen LogP contribution is 2.23. The lowest BCUT2D eigenvalue weighted by Gasteiger charge is -2.06. The third kappa shape index (κ3) is 2.09. The Labute approximate surface area is 123 Å². The lowest BCUT2D eigenvalue weighted by atomic mass is 10.2. The maximum atomic E-state index is 6.12. The molecule has 3 aromatic heterocycles. The minimum absolute atomic E-state index is 0.526. The number of hydrogen-bond acceptors (Lipinski definition) is 4. The molecule has 3 rings (SSSR count). The second kappa shape index (κ2) is 4.91. The van der Waals surface area contributed by atoms with Crippen LogP contribution in [-0.2, 0) is 33.5 Å². The summed E-state index contributed by atoms with van der Waals surface area (Å²) in [6.07, 6.45) is 3.79. The van der Waals surface area contributed by atoms with Gasteiger partial charge >= 0.3 is 0 Å². The molecule has 0 saturated carbocycles. The molecular formula is C14H21N7. The van der Waals surface area contributed by atoms with Gasteiger partial charge in [-0.3, -0.25) is 13.9 Å². The van der Waals surface area contributed by atoms with Gasteiger partial charge in [0.15, 0.2) is 5.65 Å². The van der Waals surface area contributed by atoms with Crippen LogP contribution >= 0.6 is 0 Å². The van der Waals surface area contributed by atoms with E-state index in [1.807, 2.05) is 34.2 Å². The van der Waals surface area contributed by atoms with Crippen LogP contribution in [0.25, 0.3) is 11.2 Å². The lowest BCUT2D eigenvalue weighted by Crippen LogP contribution is -2.08. The Morgan fingerprint density at radius 3 is 2.48 bits per heavy atom. The van der Waals surface area contributed by atoms with Crippen molar-refractivity contribution in [3.8, 4) is 0 Å². The van der Waals surface area contributed by atoms with Crippen LogP contribution in [0, 0.1) is 0 Å². The van der Waals surface area contributed by atoms with Gasteiger partial charge in [-0.15, -0.1) is 0 Å². The summed E-state index contributed by atoms with van der Waals surface area (Å²) in [4.78, 5) is 4.49. The van der Waals surface area contributed by atoms with E-state index in [0.29, 0.717) is 12.5 Å². The molecular weight excluding hydrogens is 266 g/mol. The molecule has 0 radical (unpaired) electrons. The van der Waals surface area contributed by atoms with Crippen molar-refractivity contribution in [3.63, 3.8) is 0 Å². The predicted molar refractivity (Wildman–Crippen MR) is 82.0 cm³/mol. The number of aryl methyl sites for hydroxylation is 4. The fourth-order valence-corrected chi connectivity index (χ4v) is 2.84. The van der Waals surface area contributed by atoms with Crippen LogP contribution in [0.4, 0.5) is 5.95 Å². The first-order valence-corrected chi connectivity index (χ1v) is 7.24. The zero-order valence-corrected chi connectivity index (χ0v) is 13.0. The van der Waals surface area contributed by atoms with Gasteiger partial charge in [-0.2, -0.15) is 10.2 Å². The monoisotopic (exact) mass is 287 g/mol. The summed E-state index contributed by atoms with van der Waals surface area (Å²) in [6.45, 7) is 4.85. The van der Waals surface area contributed by atoms with Gasteiger partial charge in [0.25, 0.3) is 0 Å². The fraction of sp³-hybridized carbons (Fsp3) is 0.500. The first kappa shape index (κ1) is 13.7. The SMILES string of the molecule is CCc1nn(C)cc1Cn1c(N)nc2c(CC)nn(C)c21. The Kier molecular flexibility index (Phi) is 3.19. The maximum absolute atomic E-state index is 6.12. The summed E-state index contributed by atoms with van der Waals surface area (Å²) in [6, 6.07) is 0. The van der Waals surface area contributed by atoms with Crippen molar-refractivity contribution in [2.75, 3.05) is 5.73 Å². The van der Waals surface area contributed by atoms with Gasteiger partial charge in [-0.25, -0.2) is 4.98 Å². The van der Waals surface area contributed by atoms with Crippen molar-refractivity contribution in [2.24, 2.45) is 14.1 Å². The summed E-state index contributed by atoms with van der Waals surface area (Å²) >= 11 is 0. The quantitative estimate of drug-likeness (QED) is 0.783. The molecule has 3 aromatic rings. The molecule has 0 bridgehead atoms. The molecule has 0 unspecified atom stereocenters. The number of anilines is 1. The normalized spacial score (nSPS) is 11.6. The standard InChI is InChI=1S/C14H21N7/c1-5-10-9(7-19(3)17-10)8-21-13-12(16-14(21)15)11(6-2)18-20(13)4/h7H,5-6,8H2,1-4H3,(H2,15,16). The molecule has 0 aliphatic heterocycles. The minimum Gasteiger partial charge on any atom is -0.369 e. The molecule has 21 heavy (non-hydrogen) atoms. The predicted octanol–water partition coefficient (Wildman–Crippen LogP) is 1.26. The molecule has 112 valence electrons. The van der Waals surface area contributed by atoms with Crippen LogP contribution in [-0.4, -0.2) is 29.1 Å². The Morgan fingerprint density at radius 1 is 1.10 bits per heavy atom. The average Bonchev–Trinajstić information content (AvgIpc) is 3.06. The van der Waals surface area contributed by atoms with Crippen LogP contribution in [0.1, 0.15) is 30.8 Å². The van der Waals surface area contributed by atoms with Crippen molar-refractivity contribution in [1.29, 1.82) is 0 Å². The Morgan fingerprint density at radius 2 is 1.81 bits per heavy atom. The van der Waals surface area contributed by atoms with Crippen LogP contribution in [0.5, 0.6) is 0 Å². The lowest BCUT2D eigenvalue weighted by molar-refractivity contribution is 0.717. The number of fused-ring (bicyclic) bond motifs is 1. The number of nitrogens with two attached hydrogens (primary N) is 1. The van der Waals surface area contributed by atoms with Gasteiger partial charge in [0, 0.05) is 25.9 Å². The zero-order chi connectivity index (χ0) is 15.1. The molecule has 0 aromatic carbocycles. The van der Waals surface area contributed by atoms with Gasteiger partial charge in [0.2, 0.25) is 5.95 Å². The number of rotatable bonds is 4. The molecule has 2 N–H and O–H groups in total. The van der Waals surface area contributed by atoms with E-state index in [-0.39, 0.29) is 0 Å². The molecule has 0 aliphatic rings. The van der Waals surface area contributed by atoms with Crippen LogP contribution in [0.3, 0.4) is 0 Å². The van der Waals surface area contributed by atoms with Crippen LogP contribution < -0.4 is 5.73 Å². The zero-order valence-electron chi connectivity index (χ0n) is 13.0. The van der Waals surface area contributed by atoms with Crippen molar-refractivity contribution in [2.45, 2.75) is 33.2 Å². The molecule has 0 fully saturated rings. The summed E-state index contributed by atoms with van der Waals surface area (Å²) in [7, 11) is 3.87. The van der Waals surface area contributed by atoms with Crippen molar-refractivity contribution in [1.82, 2.24) is 29.1 Å². The Balaban J connectivity index is 2.12. The number of imidazole rings is 1. The minimum atomic E-state index is 0.526. The third-order valence-electron chi connectivity index (χ3n) is 3.81. The maximum Gasteiger partial charge on any atom is 0.202 e. The van der Waals surface area contributed by atoms with E-state index in [9.17, 15) is 0 Å². The van der Waals surface area contributed by atoms with Crippen molar-refractivity contribution < 1.29 is 0 Å². The fourth-order valence-electron chi connectivity index (χ4n) is 2.84. The van der Waals surface area contributed by atoms with Crippen LogP contribution in [0.15, 0.2) is 6.20 Å². The summed E-state index contributed by atoms with van der Waals surface area (Å²) < 4.78 is 5.72.